The Balaban J connectivity index is 2.86. The van der Waals surface area contributed by atoms with Crippen molar-refractivity contribution in [2.24, 2.45) is 0 Å². The third kappa shape index (κ3) is 1.61. The third-order valence-electron chi connectivity index (χ3n) is 2.83. The Morgan fingerprint density at radius 3 is 2.31 bits per heavy atom. The van der Waals surface area contributed by atoms with Crippen LogP contribution in [-0.4, -0.2) is 4.57 Å². The largest absolute Gasteiger partial charge is 0.356 e. The fraction of sp³-hybridized carbons (Fsp3) is 0.462. The molecule has 1 aromatic heterocycles. The van der Waals surface area contributed by atoms with E-state index in [2.05, 4.69) is 61.1 Å². The molecule has 0 aliphatic heterocycles. The van der Waals surface area contributed by atoms with Crippen molar-refractivity contribution in [1.29, 1.82) is 0 Å². The van der Waals surface area contributed by atoms with Crippen LogP contribution in [0.1, 0.15) is 39.8 Å². The van der Waals surface area contributed by atoms with E-state index in [0.717, 1.165) is 5.28 Å². The minimum absolute atomic E-state index is 0.373. The van der Waals surface area contributed by atoms with E-state index >= 15 is 0 Å². The maximum absolute atomic E-state index is 6.47. The summed E-state index contributed by atoms with van der Waals surface area (Å²) in [5.41, 5.74) is 2.41. The second-order valence-corrected chi connectivity index (χ2v) is 5.02. The zero-order valence-corrected chi connectivity index (χ0v) is 11.0. The van der Waals surface area contributed by atoms with Crippen LogP contribution in [0.25, 0.3) is 11.0 Å². The number of rotatable bonds is 2. The lowest BCUT2D eigenvalue weighted by Gasteiger charge is -2.04. The van der Waals surface area contributed by atoms with Crippen LogP contribution >= 0.6 is 11.6 Å². The molecule has 1 heterocycles. The van der Waals surface area contributed by atoms with Crippen molar-refractivity contribution >= 4 is 22.6 Å². The average molecular weight is 238 g/mol. The predicted octanol–water partition coefficient (Wildman–Crippen LogP) is 3.74. The molecule has 16 heavy (non-hydrogen) atoms. The highest BCUT2D eigenvalue weighted by Gasteiger charge is 2.26. The van der Waals surface area contributed by atoms with Gasteiger partial charge in [-0.1, -0.05) is 12.1 Å². The number of nitrogens with zero attached hydrogens (tertiary/aromatic N) is 2. The van der Waals surface area contributed by atoms with Crippen molar-refractivity contribution in [2.45, 2.75) is 39.8 Å². The number of halogens is 1. The van der Waals surface area contributed by atoms with Crippen molar-refractivity contribution in [1.82, 2.24) is 4.57 Å². The standard InChI is InChI=1S/C13H18ClN2/c1-9(2)15-11-7-5-6-8-12(11)16(10(3)4)13(15)14/h5-10H,1-4H3/q+1. The molecule has 86 valence electrons. The maximum atomic E-state index is 6.47. The highest BCUT2D eigenvalue weighted by molar-refractivity contribution is 6.28. The first-order valence-electron chi connectivity index (χ1n) is 5.74. The second-order valence-electron chi connectivity index (χ2n) is 4.69. The molecule has 0 spiro atoms. The number of benzene rings is 1. The van der Waals surface area contributed by atoms with Gasteiger partial charge in [0.05, 0.1) is 12.1 Å². The molecule has 0 radical (unpaired) electrons. The van der Waals surface area contributed by atoms with Gasteiger partial charge in [-0.25, -0.2) is 9.13 Å². The average Bonchev–Trinajstić information content (AvgIpc) is 2.49. The Morgan fingerprint density at radius 1 is 1.12 bits per heavy atom. The van der Waals surface area contributed by atoms with Crippen molar-refractivity contribution in [3.8, 4) is 0 Å². The molecule has 3 heteroatoms. The topological polar surface area (TPSA) is 8.81 Å². The van der Waals surface area contributed by atoms with Crippen molar-refractivity contribution in [2.75, 3.05) is 0 Å². The van der Waals surface area contributed by atoms with E-state index in [1.807, 2.05) is 0 Å². The molecule has 0 atom stereocenters. The Labute approximate surface area is 101 Å². The lowest BCUT2D eigenvalue weighted by atomic mass is 10.3. The molecule has 2 aromatic rings. The van der Waals surface area contributed by atoms with E-state index in [1.165, 1.54) is 11.0 Å². The summed E-state index contributed by atoms with van der Waals surface area (Å²) in [6.07, 6.45) is 0. The molecular formula is C13H18ClN2+. The Kier molecular flexibility index (Phi) is 2.94. The van der Waals surface area contributed by atoms with Crippen molar-refractivity contribution in [3.05, 3.63) is 29.5 Å². The predicted molar refractivity (Wildman–Crippen MR) is 67.9 cm³/mol. The molecule has 2 rings (SSSR count). The zero-order valence-electron chi connectivity index (χ0n) is 10.2. The van der Waals surface area contributed by atoms with Crippen molar-refractivity contribution in [3.63, 3.8) is 0 Å². The first-order valence-corrected chi connectivity index (χ1v) is 6.11. The molecule has 0 saturated carbocycles. The van der Waals surface area contributed by atoms with Gasteiger partial charge in [0.25, 0.3) is 0 Å². The molecule has 0 N–H and O–H groups in total. The summed E-state index contributed by atoms with van der Waals surface area (Å²) >= 11 is 6.47. The number of hydrogen-bond donors (Lipinski definition) is 0. The van der Waals surface area contributed by atoms with E-state index in [9.17, 15) is 0 Å². The summed E-state index contributed by atoms with van der Waals surface area (Å²) in [4.78, 5) is 0. The van der Waals surface area contributed by atoms with Crippen LogP contribution in [0.5, 0.6) is 0 Å². The summed E-state index contributed by atoms with van der Waals surface area (Å²) in [5, 5.41) is 0.811. The van der Waals surface area contributed by atoms with Gasteiger partial charge in [0.15, 0.2) is 11.0 Å². The van der Waals surface area contributed by atoms with Crippen LogP contribution in [0.15, 0.2) is 24.3 Å². The monoisotopic (exact) mass is 237 g/mol. The molecule has 0 bridgehead atoms. The number of hydrogen-bond acceptors (Lipinski definition) is 0. The van der Waals surface area contributed by atoms with Gasteiger partial charge in [-0.05, 0) is 39.8 Å². The normalized spacial score (nSPS) is 11.9. The van der Waals surface area contributed by atoms with Crippen LogP contribution in [0.4, 0.5) is 0 Å². The van der Waals surface area contributed by atoms with Crippen molar-refractivity contribution < 1.29 is 4.57 Å². The summed E-state index contributed by atoms with van der Waals surface area (Å²) in [6, 6.07) is 9.11. The molecule has 2 nitrogen and oxygen atoms in total. The summed E-state index contributed by atoms with van der Waals surface area (Å²) in [5.74, 6) is 0. The Morgan fingerprint density at radius 2 is 1.75 bits per heavy atom. The second kappa shape index (κ2) is 4.10. The third-order valence-corrected chi connectivity index (χ3v) is 3.20. The molecule has 0 unspecified atom stereocenters. The number of aromatic nitrogens is 2. The smallest absolute Gasteiger partial charge is 0.211 e. The van der Waals surface area contributed by atoms with Crippen LogP contribution in [0.2, 0.25) is 5.28 Å². The molecular weight excluding hydrogens is 220 g/mol. The van der Waals surface area contributed by atoms with Gasteiger partial charge >= 0.3 is 5.28 Å². The van der Waals surface area contributed by atoms with Crippen LogP contribution in [0.3, 0.4) is 0 Å². The summed E-state index contributed by atoms with van der Waals surface area (Å²) < 4.78 is 4.35. The molecule has 0 aliphatic rings. The van der Waals surface area contributed by atoms with Crippen LogP contribution in [-0.2, 0) is 0 Å². The number of imidazole rings is 1. The summed E-state index contributed by atoms with van der Waals surface area (Å²) in [6.45, 7) is 8.62. The minimum Gasteiger partial charge on any atom is -0.211 e. The van der Waals surface area contributed by atoms with Gasteiger partial charge in [-0.3, -0.25) is 0 Å². The van der Waals surface area contributed by atoms with E-state index in [1.54, 1.807) is 0 Å². The highest BCUT2D eigenvalue weighted by atomic mass is 35.5. The fourth-order valence-electron chi connectivity index (χ4n) is 2.17. The Bertz CT molecular complexity index is 467. The van der Waals surface area contributed by atoms with Gasteiger partial charge in [0.1, 0.15) is 0 Å². The Hall–Kier alpha value is -1.02. The van der Waals surface area contributed by atoms with Gasteiger partial charge in [-0.15, -0.1) is 0 Å². The first kappa shape index (κ1) is 11.5. The fourth-order valence-corrected chi connectivity index (χ4v) is 2.74. The van der Waals surface area contributed by atoms with E-state index in [4.69, 9.17) is 11.6 Å². The van der Waals surface area contributed by atoms with Gasteiger partial charge in [-0.2, -0.15) is 0 Å². The van der Waals surface area contributed by atoms with E-state index in [-0.39, 0.29) is 0 Å². The SMILES string of the molecule is CC(C)n1c(Cl)[n+](C(C)C)c2ccccc21. The van der Waals surface area contributed by atoms with Gasteiger partial charge < -0.3 is 0 Å². The first-order chi connectivity index (χ1) is 7.54. The van der Waals surface area contributed by atoms with Crippen LogP contribution < -0.4 is 4.57 Å². The summed E-state index contributed by atoms with van der Waals surface area (Å²) in [7, 11) is 0. The lowest BCUT2D eigenvalue weighted by molar-refractivity contribution is -0.690. The van der Waals surface area contributed by atoms with E-state index in [0.29, 0.717) is 12.1 Å². The van der Waals surface area contributed by atoms with Crippen LogP contribution in [0, 0.1) is 0 Å². The maximum Gasteiger partial charge on any atom is 0.356 e. The molecule has 0 amide bonds. The highest BCUT2D eigenvalue weighted by Crippen LogP contribution is 2.24. The molecule has 1 aromatic carbocycles. The molecule has 0 fully saturated rings. The number of fused-ring (bicyclic) bond motifs is 1. The van der Waals surface area contributed by atoms with E-state index < -0.39 is 0 Å². The van der Waals surface area contributed by atoms with Gasteiger partial charge in [0, 0.05) is 11.6 Å². The molecule has 0 saturated heterocycles. The minimum atomic E-state index is 0.373. The number of para-hydroxylation sites is 2. The lowest BCUT2D eigenvalue weighted by Crippen LogP contribution is -2.36. The zero-order chi connectivity index (χ0) is 11.9. The quantitative estimate of drug-likeness (QED) is 0.704. The van der Waals surface area contributed by atoms with Gasteiger partial charge in [0.2, 0.25) is 0 Å². The molecule has 0 aliphatic carbocycles.